The van der Waals surface area contributed by atoms with Crippen LogP contribution in [0.25, 0.3) is 0 Å². The molecule has 0 aliphatic rings. The summed E-state index contributed by atoms with van der Waals surface area (Å²) in [4.78, 5) is 35.6. The fourth-order valence-electron chi connectivity index (χ4n) is 4.63. The van der Waals surface area contributed by atoms with Crippen LogP contribution in [0.4, 0.5) is 0 Å². The van der Waals surface area contributed by atoms with Crippen molar-refractivity contribution in [3.05, 3.63) is 35.9 Å². The minimum Gasteiger partial charge on any atom is -0.480 e. The second kappa shape index (κ2) is 22.8. The SMILES string of the molecule is CCCCCCCCCCCCCCCCCCCCC(=O)N[C@H](C(=O)NCC(=O)O)c1ccccc1. The Hall–Kier alpha value is -2.37. The van der Waals surface area contributed by atoms with Gasteiger partial charge in [-0.25, -0.2) is 0 Å². The first kappa shape index (κ1) is 32.7. The standard InChI is InChI=1S/C31H52N2O4/c1-2-3-4-5-6-7-8-9-10-11-12-13-14-15-16-17-18-22-25-28(34)33-30(27-23-20-19-21-24-27)31(37)32-26-29(35)36/h19-21,23-24,30H,2-18,22,25-26H2,1H3,(H,32,37)(H,33,34)(H,35,36)/t30-/m0/s1. The molecule has 0 aromatic heterocycles. The quantitative estimate of drug-likeness (QED) is 0.124. The molecule has 0 saturated heterocycles. The molecular weight excluding hydrogens is 464 g/mol. The van der Waals surface area contributed by atoms with Crippen molar-refractivity contribution in [2.24, 2.45) is 0 Å². The highest BCUT2D eigenvalue weighted by Gasteiger charge is 2.22. The number of carboxylic acids is 1. The molecule has 37 heavy (non-hydrogen) atoms. The Morgan fingerprint density at radius 3 is 1.54 bits per heavy atom. The van der Waals surface area contributed by atoms with Gasteiger partial charge in [-0.05, 0) is 12.0 Å². The largest absolute Gasteiger partial charge is 0.480 e. The molecule has 1 atom stereocenters. The van der Waals surface area contributed by atoms with Gasteiger partial charge in [0.15, 0.2) is 0 Å². The van der Waals surface area contributed by atoms with Crippen LogP contribution in [0.2, 0.25) is 0 Å². The highest BCUT2D eigenvalue weighted by molar-refractivity contribution is 5.90. The number of unbranched alkanes of at least 4 members (excludes halogenated alkanes) is 17. The molecule has 0 aliphatic carbocycles. The molecule has 6 heteroatoms. The number of carboxylic acid groups (broad SMARTS) is 1. The van der Waals surface area contributed by atoms with Gasteiger partial charge in [0.05, 0.1) is 0 Å². The van der Waals surface area contributed by atoms with E-state index in [1.54, 1.807) is 24.3 Å². The van der Waals surface area contributed by atoms with Crippen molar-refractivity contribution in [1.29, 1.82) is 0 Å². The molecule has 3 N–H and O–H groups in total. The van der Waals surface area contributed by atoms with E-state index in [2.05, 4.69) is 17.6 Å². The first-order chi connectivity index (χ1) is 18.0. The summed E-state index contributed by atoms with van der Waals surface area (Å²) in [6, 6.07) is 8.02. The second-order valence-corrected chi connectivity index (χ2v) is 10.3. The van der Waals surface area contributed by atoms with E-state index in [9.17, 15) is 14.4 Å². The Morgan fingerprint density at radius 1 is 0.676 bits per heavy atom. The number of aliphatic carboxylic acids is 1. The molecule has 0 unspecified atom stereocenters. The van der Waals surface area contributed by atoms with Gasteiger partial charge >= 0.3 is 5.97 Å². The fourth-order valence-corrected chi connectivity index (χ4v) is 4.63. The molecule has 0 aliphatic heterocycles. The van der Waals surface area contributed by atoms with E-state index in [0.717, 1.165) is 19.3 Å². The highest BCUT2D eigenvalue weighted by Crippen LogP contribution is 2.16. The molecule has 0 fully saturated rings. The fraction of sp³-hybridized carbons (Fsp3) is 0.710. The summed E-state index contributed by atoms with van der Waals surface area (Å²) in [5.74, 6) is -1.82. The van der Waals surface area contributed by atoms with E-state index >= 15 is 0 Å². The summed E-state index contributed by atoms with van der Waals surface area (Å²) in [7, 11) is 0. The van der Waals surface area contributed by atoms with Crippen LogP contribution in [0.15, 0.2) is 30.3 Å². The molecule has 1 aromatic rings. The van der Waals surface area contributed by atoms with Gasteiger partial charge in [-0.3, -0.25) is 14.4 Å². The first-order valence-electron chi connectivity index (χ1n) is 14.9. The van der Waals surface area contributed by atoms with Gasteiger partial charge in [-0.2, -0.15) is 0 Å². The van der Waals surface area contributed by atoms with Gasteiger partial charge in [0.1, 0.15) is 12.6 Å². The van der Waals surface area contributed by atoms with Crippen molar-refractivity contribution < 1.29 is 19.5 Å². The van der Waals surface area contributed by atoms with Crippen LogP contribution < -0.4 is 10.6 Å². The Morgan fingerprint density at radius 2 is 1.11 bits per heavy atom. The van der Waals surface area contributed by atoms with Crippen LogP contribution in [-0.2, 0) is 14.4 Å². The monoisotopic (exact) mass is 516 g/mol. The van der Waals surface area contributed by atoms with Crippen molar-refractivity contribution in [3.63, 3.8) is 0 Å². The number of hydrogen-bond donors (Lipinski definition) is 3. The number of hydrogen-bond acceptors (Lipinski definition) is 3. The first-order valence-corrected chi connectivity index (χ1v) is 14.9. The summed E-state index contributed by atoms with van der Waals surface area (Å²) in [5.41, 5.74) is 0.636. The van der Waals surface area contributed by atoms with Crippen LogP contribution in [0.1, 0.15) is 141 Å². The van der Waals surface area contributed by atoms with Crippen molar-refractivity contribution in [2.45, 2.75) is 135 Å². The number of benzene rings is 1. The van der Waals surface area contributed by atoms with Crippen molar-refractivity contribution in [3.8, 4) is 0 Å². The second-order valence-electron chi connectivity index (χ2n) is 10.3. The third-order valence-electron chi connectivity index (χ3n) is 6.87. The topological polar surface area (TPSA) is 95.5 Å². The lowest BCUT2D eigenvalue weighted by Crippen LogP contribution is -2.42. The van der Waals surface area contributed by atoms with Gasteiger partial charge in [-0.15, -0.1) is 0 Å². The maximum Gasteiger partial charge on any atom is 0.322 e. The molecule has 0 bridgehead atoms. The summed E-state index contributed by atoms with van der Waals surface area (Å²) >= 11 is 0. The number of rotatable bonds is 24. The normalized spacial score (nSPS) is 11.7. The molecule has 210 valence electrons. The van der Waals surface area contributed by atoms with E-state index in [1.807, 2.05) is 6.07 Å². The van der Waals surface area contributed by atoms with Gasteiger partial charge < -0.3 is 15.7 Å². The van der Waals surface area contributed by atoms with Crippen molar-refractivity contribution in [1.82, 2.24) is 10.6 Å². The van der Waals surface area contributed by atoms with E-state index in [-0.39, 0.29) is 5.91 Å². The zero-order valence-electron chi connectivity index (χ0n) is 23.3. The molecule has 1 rings (SSSR count). The van der Waals surface area contributed by atoms with Crippen LogP contribution >= 0.6 is 0 Å². The summed E-state index contributed by atoms with van der Waals surface area (Å²) in [6.07, 6.45) is 23.8. The average molecular weight is 517 g/mol. The Balaban J connectivity index is 2.03. The smallest absolute Gasteiger partial charge is 0.322 e. The minimum atomic E-state index is -1.12. The molecule has 1 aromatic carbocycles. The highest BCUT2D eigenvalue weighted by atomic mass is 16.4. The lowest BCUT2D eigenvalue weighted by Gasteiger charge is -2.18. The molecule has 0 radical (unpaired) electrons. The van der Waals surface area contributed by atoms with Crippen molar-refractivity contribution >= 4 is 17.8 Å². The van der Waals surface area contributed by atoms with E-state index in [4.69, 9.17) is 5.11 Å². The predicted molar refractivity (Wildman–Crippen MR) is 151 cm³/mol. The lowest BCUT2D eigenvalue weighted by molar-refractivity contribution is -0.138. The van der Waals surface area contributed by atoms with Crippen LogP contribution in [0.5, 0.6) is 0 Å². The van der Waals surface area contributed by atoms with Crippen LogP contribution in [-0.4, -0.2) is 29.4 Å². The van der Waals surface area contributed by atoms with Crippen LogP contribution in [0, 0.1) is 0 Å². The van der Waals surface area contributed by atoms with E-state index in [1.165, 1.54) is 96.3 Å². The van der Waals surface area contributed by atoms with Gasteiger partial charge in [0.25, 0.3) is 0 Å². The molecule has 0 spiro atoms. The number of carbonyl (C=O) groups excluding carboxylic acids is 2. The molecule has 0 saturated carbocycles. The number of carbonyl (C=O) groups is 3. The van der Waals surface area contributed by atoms with Crippen molar-refractivity contribution in [2.75, 3.05) is 6.54 Å². The van der Waals surface area contributed by atoms with Gasteiger partial charge in [0, 0.05) is 6.42 Å². The Bertz CT molecular complexity index is 723. The summed E-state index contributed by atoms with van der Waals surface area (Å²) in [5, 5.41) is 13.9. The molecule has 6 nitrogen and oxygen atoms in total. The zero-order chi connectivity index (χ0) is 27.0. The number of amides is 2. The third-order valence-corrected chi connectivity index (χ3v) is 6.87. The van der Waals surface area contributed by atoms with E-state index < -0.39 is 24.5 Å². The van der Waals surface area contributed by atoms with Gasteiger partial charge in [-0.1, -0.05) is 146 Å². The Labute approximate surface area is 225 Å². The third kappa shape index (κ3) is 18.5. The summed E-state index contributed by atoms with van der Waals surface area (Å²) < 4.78 is 0. The predicted octanol–water partition coefficient (Wildman–Crippen LogP) is 7.48. The molecule has 0 heterocycles. The average Bonchev–Trinajstić information content (AvgIpc) is 2.90. The maximum atomic E-state index is 12.4. The van der Waals surface area contributed by atoms with Crippen LogP contribution in [0.3, 0.4) is 0 Å². The zero-order valence-corrected chi connectivity index (χ0v) is 23.3. The van der Waals surface area contributed by atoms with Gasteiger partial charge in [0.2, 0.25) is 11.8 Å². The number of nitrogens with one attached hydrogen (secondary N) is 2. The Kier molecular flexibility index (Phi) is 20.1. The minimum absolute atomic E-state index is 0.184. The molecular formula is C31H52N2O4. The van der Waals surface area contributed by atoms with E-state index in [0.29, 0.717) is 12.0 Å². The summed E-state index contributed by atoms with van der Waals surface area (Å²) in [6.45, 7) is 1.80. The molecule has 2 amide bonds. The maximum absolute atomic E-state index is 12.4. The lowest BCUT2D eigenvalue weighted by atomic mass is 10.0.